The van der Waals surface area contributed by atoms with Gasteiger partial charge < -0.3 is 14.9 Å². The highest BCUT2D eigenvalue weighted by atomic mass is 16.5. The molecule has 2 rings (SSSR count). The van der Waals surface area contributed by atoms with E-state index in [0.29, 0.717) is 25.7 Å². The number of fused-ring (bicyclic) bond motifs is 1. The van der Waals surface area contributed by atoms with E-state index in [-0.39, 0.29) is 36.3 Å². The van der Waals surface area contributed by atoms with Gasteiger partial charge in [0.05, 0.1) is 11.5 Å². The molecule has 0 heterocycles. The Hall–Kier alpha value is -0.940. The molecule has 0 aromatic rings. The summed E-state index contributed by atoms with van der Waals surface area (Å²) in [4.78, 5) is 24.4. The fourth-order valence-electron chi connectivity index (χ4n) is 4.64. The Balaban J connectivity index is 2.35. The first-order chi connectivity index (χ1) is 10.1. The van der Waals surface area contributed by atoms with Gasteiger partial charge in [0.15, 0.2) is 0 Å². The van der Waals surface area contributed by atoms with Crippen molar-refractivity contribution in [2.24, 2.45) is 23.2 Å². The lowest BCUT2D eigenvalue weighted by Crippen LogP contribution is -2.62. The number of ketones is 1. The number of rotatable bonds is 3. The van der Waals surface area contributed by atoms with Gasteiger partial charge in [0.2, 0.25) is 0 Å². The predicted molar refractivity (Wildman–Crippen MR) is 81.0 cm³/mol. The Bertz CT molecular complexity index is 458. The Labute approximate surface area is 132 Å². The number of hydrogen-bond donors (Lipinski definition) is 2. The molecule has 0 aromatic carbocycles. The topological polar surface area (TPSA) is 83.8 Å². The molecule has 0 saturated heterocycles. The maximum Gasteiger partial charge on any atom is 0.302 e. The molecule has 126 valence electrons. The van der Waals surface area contributed by atoms with Gasteiger partial charge in [-0.15, -0.1) is 0 Å². The molecule has 0 aromatic heterocycles. The first-order valence-electron chi connectivity index (χ1n) is 8.17. The fourth-order valence-corrected chi connectivity index (χ4v) is 4.64. The molecule has 0 bridgehead atoms. The molecule has 0 aliphatic heterocycles. The van der Waals surface area contributed by atoms with Crippen LogP contribution in [0.4, 0.5) is 0 Å². The van der Waals surface area contributed by atoms with Crippen molar-refractivity contribution in [2.75, 3.05) is 6.61 Å². The molecular weight excluding hydrogens is 284 g/mol. The number of aliphatic hydroxyl groups is 2. The molecule has 2 saturated carbocycles. The lowest BCUT2D eigenvalue weighted by atomic mass is 9.51. The molecule has 5 nitrogen and oxygen atoms in total. The van der Waals surface area contributed by atoms with Crippen LogP contribution in [0.2, 0.25) is 0 Å². The first-order valence-corrected chi connectivity index (χ1v) is 8.17. The standard InChI is InChI=1S/C17H28O5/c1-10(9-18)12-5-7-16(3)13(22-11(2)19)6-8-17(4,21)15(16)14(12)20/h10,12-13,15,18,21H,5-9H2,1-4H3/t10-,12+,13-,15-,16+,17-/m1/s1. The number of hydrogen-bond acceptors (Lipinski definition) is 5. The third kappa shape index (κ3) is 2.81. The van der Waals surface area contributed by atoms with E-state index < -0.39 is 16.9 Å². The molecule has 6 atom stereocenters. The summed E-state index contributed by atoms with van der Waals surface area (Å²) >= 11 is 0. The van der Waals surface area contributed by atoms with Gasteiger partial charge in [-0.05, 0) is 38.5 Å². The second-order valence-electron chi connectivity index (χ2n) is 7.64. The van der Waals surface area contributed by atoms with E-state index in [1.165, 1.54) is 6.92 Å². The van der Waals surface area contributed by atoms with E-state index in [1.807, 2.05) is 13.8 Å². The molecule has 2 aliphatic rings. The van der Waals surface area contributed by atoms with E-state index in [2.05, 4.69) is 0 Å². The van der Waals surface area contributed by atoms with Gasteiger partial charge in [-0.2, -0.15) is 0 Å². The van der Waals surface area contributed by atoms with Crippen LogP contribution in [0, 0.1) is 23.2 Å². The van der Waals surface area contributed by atoms with Crippen LogP contribution in [-0.2, 0) is 14.3 Å². The van der Waals surface area contributed by atoms with Crippen LogP contribution < -0.4 is 0 Å². The van der Waals surface area contributed by atoms with Crippen molar-refractivity contribution in [2.45, 2.75) is 65.1 Å². The Morgan fingerprint density at radius 2 is 2.00 bits per heavy atom. The first kappa shape index (κ1) is 17.4. The second kappa shape index (κ2) is 5.93. The van der Waals surface area contributed by atoms with Crippen LogP contribution in [0.3, 0.4) is 0 Å². The van der Waals surface area contributed by atoms with Crippen LogP contribution in [-0.4, -0.2) is 40.3 Å². The zero-order chi connectivity index (χ0) is 16.7. The Kier molecular flexibility index (Phi) is 4.69. The quantitative estimate of drug-likeness (QED) is 0.775. The van der Waals surface area contributed by atoms with Crippen molar-refractivity contribution >= 4 is 11.8 Å². The number of carbonyl (C=O) groups is 2. The maximum atomic E-state index is 13.0. The average Bonchev–Trinajstić information content (AvgIpc) is 2.41. The maximum absolute atomic E-state index is 13.0. The van der Waals surface area contributed by atoms with Gasteiger partial charge in [0, 0.05) is 24.9 Å². The highest BCUT2D eigenvalue weighted by molar-refractivity contribution is 5.86. The molecule has 0 radical (unpaired) electrons. The number of Topliss-reactive ketones (excluding diaryl/α,β-unsaturated/α-hetero) is 1. The van der Waals surface area contributed by atoms with Crippen molar-refractivity contribution in [3.63, 3.8) is 0 Å². The summed E-state index contributed by atoms with van der Waals surface area (Å²) in [7, 11) is 0. The minimum atomic E-state index is -1.09. The normalized spacial score (nSPS) is 43.4. The predicted octanol–water partition coefficient (Wildman–Crippen LogP) is 1.69. The van der Waals surface area contributed by atoms with Gasteiger partial charge in [-0.1, -0.05) is 13.8 Å². The third-order valence-electron chi connectivity index (χ3n) is 5.86. The molecule has 2 fully saturated rings. The van der Waals surface area contributed by atoms with Crippen molar-refractivity contribution < 1.29 is 24.5 Å². The van der Waals surface area contributed by atoms with Gasteiger partial charge in [0.1, 0.15) is 11.9 Å². The van der Waals surface area contributed by atoms with Crippen LogP contribution >= 0.6 is 0 Å². The molecule has 22 heavy (non-hydrogen) atoms. The van der Waals surface area contributed by atoms with Gasteiger partial charge in [-0.3, -0.25) is 9.59 Å². The number of esters is 1. The summed E-state index contributed by atoms with van der Waals surface area (Å²) in [5, 5.41) is 20.2. The fraction of sp³-hybridized carbons (Fsp3) is 0.882. The van der Waals surface area contributed by atoms with E-state index in [0.717, 1.165) is 0 Å². The summed E-state index contributed by atoms with van der Waals surface area (Å²) in [5.41, 5.74) is -1.62. The third-order valence-corrected chi connectivity index (χ3v) is 5.86. The number of carbonyl (C=O) groups excluding carboxylic acids is 2. The number of ether oxygens (including phenoxy) is 1. The molecule has 2 aliphatic carbocycles. The van der Waals surface area contributed by atoms with E-state index in [4.69, 9.17) is 4.74 Å². The van der Waals surface area contributed by atoms with Crippen molar-refractivity contribution in [3.05, 3.63) is 0 Å². The van der Waals surface area contributed by atoms with E-state index >= 15 is 0 Å². The highest BCUT2D eigenvalue weighted by Gasteiger charge is 2.60. The molecule has 2 N–H and O–H groups in total. The lowest BCUT2D eigenvalue weighted by molar-refractivity contribution is -0.198. The van der Waals surface area contributed by atoms with Gasteiger partial charge in [0.25, 0.3) is 0 Å². The van der Waals surface area contributed by atoms with Gasteiger partial charge >= 0.3 is 5.97 Å². The lowest BCUT2D eigenvalue weighted by Gasteiger charge is -2.56. The summed E-state index contributed by atoms with van der Waals surface area (Å²) in [5.74, 6) is -1.22. The van der Waals surface area contributed by atoms with Crippen molar-refractivity contribution in [3.8, 4) is 0 Å². The Morgan fingerprint density at radius 3 is 2.55 bits per heavy atom. The van der Waals surface area contributed by atoms with Crippen LogP contribution in [0.5, 0.6) is 0 Å². The molecule has 0 amide bonds. The highest BCUT2D eigenvalue weighted by Crippen LogP contribution is 2.55. The number of aliphatic hydroxyl groups excluding tert-OH is 1. The van der Waals surface area contributed by atoms with Crippen LogP contribution in [0.1, 0.15) is 53.4 Å². The van der Waals surface area contributed by atoms with Crippen molar-refractivity contribution in [1.29, 1.82) is 0 Å². The minimum Gasteiger partial charge on any atom is -0.462 e. The monoisotopic (exact) mass is 312 g/mol. The smallest absolute Gasteiger partial charge is 0.302 e. The summed E-state index contributed by atoms with van der Waals surface area (Å²) in [6, 6.07) is 0. The van der Waals surface area contributed by atoms with E-state index in [1.54, 1.807) is 6.92 Å². The summed E-state index contributed by atoms with van der Waals surface area (Å²) < 4.78 is 5.48. The molecular formula is C17H28O5. The zero-order valence-electron chi connectivity index (χ0n) is 14.0. The molecule has 0 spiro atoms. The minimum absolute atomic E-state index is 0.0113. The van der Waals surface area contributed by atoms with Crippen LogP contribution in [0.25, 0.3) is 0 Å². The molecule has 0 unspecified atom stereocenters. The van der Waals surface area contributed by atoms with Crippen molar-refractivity contribution in [1.82, 2.24) is 0 Å². The van der Waals surface area contributed by atoms with Gasteiger partial charge in [-0.25, -0.2) is 0 Å². The largest absolute Gasteiger partial charge is 0.462 e. The summed E-state index contributed by atoms with van der Waals surface area (Å²) in [6.07, 6.45) is 2.07. The molecule has 5 heteroatoms. The summed E-state index contributed by atoms with van der Waals surface area (Å²) in [6.45, 7) is 6.88. The SMILES string of the molecule is CC(=O)O[C@@H]1CC[C@@](C)(O)[C@@H]2C(=O)[C@H]([C@H](C)CO)CC[C@]21C. The van der Waals surface area contributed by atoms with Crippen LogP contribution in [0.15, 0.2) is 0 Å². The zero-order valence-corrected chi connectivity index (χ0v) is 14.0. The van der Waals surface area contributed by atoms with E-state index in [9.17, 15) is 19.8 Å². The Morgan fingerprint density at radius 1 is 1.36 bits per heavy atom. The second-order valence-corrected chi connectivity index (χ2v) is 7.64. The average molecular weight is 312 g/mol.